The lowest BCUT2D eigenvalue weighted by Crippen LogP contribution is -2.33. The number of fused-ring (bicyclic) bond motifs is 1. The Morgan fingerprint density at radius 3 is 2.89 bits per heavy atom. The third kappa shape index (κ3) is 1.02. The zero-order valence-electron chi connectivity index (χ0n) is 10.8. The SMILES string of the molecule is CC(C)N1CC2CC23C1=CC(=O)c1ccccc13. The van der Waals surface area contributed by atoms with Crippen molar-refractivity contribution in [1.82, 2.24) is 4.90 Å². The van der Waals surface area contributed by atoms with Crippen molar-refractivity contribution in [3.05, 3.63) is 47.2 Å². The van der Waals surface area contributed by atoms with E-state index in [2.05, 4.69) is 30.9 Å². The Morgan fingerprint density at radius 1 is 1.33 bits per heavy atom. The highest BCUT2D eigenvalue weighted by Crippen LogP contribution is 2.66. The summed E-state index contributed by atoms with van der Waals surface area (Å²) in [4.78, 5) is 14.7. The van der Waals surface area contributed by atoms with Gasteiger partial charge in [-0.2, -0.15) is 0 Å². The maximum atomic E-state index is 12.3. The van der Waals surface area contributed by atoms with Crippen LogP contribution in [-0.4, -0.2) is 23.3 Å². The summed E-state index contributed by atoms with van der Waals surface area (Å²) >= 11 is 0. The van der Waals surface area contributed by atoms with Crippen molar-refractivity contribution in [2.24, 2.45) is 5.92 Å². The minimum absolute atomic E-state index is 0.185. The Kier molecular flexibility index (Phi) is 1.76. The predicted molar refractivity (Wildman–Crippen MR) is 70.5 cm³/mol. The Bertz CT molecular complexity index is 587. The Balaban J connectivity index is 1.92. The first-order valence-corrected chi connectivity index (χ1v) is 6.77. The average molecular weight is 239 g/mol. The van der Waals surface area contributed by atoms with E-state index in [0.717, 1.165) is 18.0 Å². The van der Waals surface area contributed by atoms with Gasteiger partial charge < -0.3 is 4.90 Å². The molecule has 0 bridgehead atoms. The van der Waals surface area contributed by atoms with Crippen LogP contribution in [0.5, 0.6) is 0 Å². The number of hydrogen-bond donors (Lipinski definition) is 0. The van der Waals surface area contributed by atoms with E-state index in [1.807, 2.05) is 18.2 Å². The Morgan fingerprint density at radius 2 is 2.11 bits per heavy atom. The number of rotatable bonds is 1. The lowest BCUT2D eigenvalue weighted by molar-refractivity contribution is 0.103. The predicted octanol–water partition coefficient (Wildman–Crippen LogP) is 2.75. The molecule has 1 spiro atoms. The molecule has 92 valence electrons. The quantitative estimate of drug-likeness (QED) is 0.751. The number of hydrogen-bond acceptors (Lipinski definition) is 2. The van der Waals surface area contributed by atoms with Gasteiger partial charge in [0, 0.05) is 35.3 Å². The van der Waals surface area contributed by atoms with Crippen LogP contribution in [-0.2, 0) is 5.41 Å². The fourth-order valence-electron chi connectivity index (χ4n) is 3.91. The molecule has 2 fully saturated rings. The van der Waals surface area contributed by atoms with Gasteiger partial charge in [-0.15, -0.1) is 0 Å². The summed E-state index contributed by atoms with van der Waals surface area (Å²) in [6.45, 7) is 5.54. The van der Waals surface area contributed by atoms with Gasteiger partial charge in [-0.25, -0.2) is 0 Å². The van der Waals surface area contributed by atoms with Gasteiger partial charge in [-0.3, -0.25) is 4.79 Å². The molecular formula is C16H17NO. The van der Waals surface area contributed by atoms with Gasteiger partial charge in [-0.05, 0) is 31.7 Å². The van der Waals surface area contributed by atoms with Gasteiger partial charge in [0.2, 0.25) is 0 Å². The summed E-state index contributed by atoms with van der Waals surface area (Å²) in [6, 6.07) is 8.66. The summed E-state index contributed by atoms with van der Waals surface area (Å²) in [5.41, 5.74) is 3.68. The molecule has 2 unspecified atom stereocenters. The highest BCUT2D eigenvalue weighted by molar-refractivity contribution is 6.08. The van der Waals surface area contributed by atoms with Gasteiger partial charge in [0.1, 0.15) is 0 Å². The second-order valence-corrected chi connectivity index (χ2v) is 6.06. The molecule has 0 amide bonds. The second kappa shape index (κ2) is 3.05. The van der Waals surface area contributed by atoms with E-state index >= 15 is 0 Å². The van der Waals surface area contributed by atoms with Crippen LogP contribution in [0.1, 0.15) is 36.2 Å². The van der Waals surface area contributed by atoms with E-state index in [9.17, 15) is 4.79 Å². The highest BCUT2D eigenvalue weighted by Gasteiger charge is 2.66. The molecule has 1 heterocycles. The standard InChI is InChI=1S/C16H17NO/c1-10(2)17-9-11-8-16(11)13-6-4-3-5-12(13)14(18)7-15(16)17/h3-7,10-11H,8-9H2,1-2H3. The number of nitrogens with zero attached hydrogens (tertiary/aromatic N) is 1. The van der Waals surface area contributed by atoms with E-state index in [1.165, 1.54) is 17.7 Å². The molecule has 18 heavy (non-hydrogen) atoms. The third-order valence-electron chi connectivity index (χ3n) is 4.85. The normalized spacial score (nSPS) is 31.9. The largest absolute Gasteiger partial charge is 0.371 e. The molecule has 2 heteroatoms. The zero-order chi connectivity index (χ0) is 12.5. The first-order valence-electron chi connectivity index (χ1n) is 6.77. The molecule has 1 saturated heterocycles. The van der Waals surface area contributed by atoms with Crippen LogP contribution >= 0.6 is 0 Å². The summed E-state index contributed by atoms with van der Waals surface area (Å²) in [5, 5.41) is 0. The number of piperidine rings is 1. The van der Waals surface area contributed by atoms with Crippen molar-refractivity contribution in [2.45, 2.75) is 31.7 Å². The Hall–Kier alpha value is -1.57. The van der Waals surface area contributed by atoms with Gasteiger partial charge in [-0.1, -0.05) is 24.3 Å². The molecule has 0 radical (unpaired) electrons. The second-order valence-electron chi connectivity index (χ2n) is 6.06. The maximum absolute atomic E-state index is 12.3. The molecule has 2 atom stereocenters. The molecular weight excluding hydrogens is 222 g/mol. The van der Waals surface area contributed by atoms with Crippen LogP contribution in [0.4, 0.5) is 0 Å². The molecule has 1 aromatic carbocycles. The molecule has 1 saturated carbocycles. The van der Waals surface area contributed by atoms with Crippen molar-refractivity contribution in [1.29, 1.82) is 0 Å². The van der Waals surface area contributed by atoms with Crippen molar-refractivity contribution in [3.8, 4) is 0 Å². The van der Waals surface area contributed by atoms with Gasteiger partial charge >= 0.3 is 0 Å². The number of allylic oxidation sites excluding steroid dienone is 2. The van der Waals surface area contributed by atoms with Crippen molar-refractivity contribution in [3.63, 3.8) is 0 Å². The average Bonchev–Trinajstić information content (AvgIpc) is 2.99. The molecule has 2 nitrogen and oxygen atoms in total. The highest BCUT2D eigenvalue weighted by atomic mass is 16.1. The summed E-state index contributed by atoms with van der Waals surface area (Å²) in [7, 11) is 0. The number of benzene rings is 1. The van der Waals surface area contributed by atoms with Crippen LogP contribution in [0.3, 0.4) is 0 Å². The third-order valence-corrected chi connectivity index (χ3v) is 4.85. The van der Waals surface area contributed by atoms with Crippen LogP contribution in [0.25, 0.3) is 0 Å². The summed E-state index contributed by atoms with van der Waals surface area (Å²) in [5.74, 6) is 0.907. The maximum Gasteiger partial charge on any atom is 0.187 e. The van der Waals surface area contributed by atoms with Crippen LogP contribution in [0, 0.1) is 5.92 Å². The van der Waals surface area contributed by atoms with E-state index < -0.39 is 0 Å². The van der Waals surface area contributed by atoms with Crippen LogP contribution in [0.2, 0.25) is 0 Å². The van der Waals surface area contributed by atoms with E-state index in [0.29, 0.717) is 6.04 Å². The van der Waals surface area contributed by atoms with Crippen molar-refractivity contribution >= 4 is 5.78 Å². The Labute approximate surface area is 107 Å². The van der Waals surface area contributed by atoms with Crippen molar-refractivity contribution in [2.75, 3.05) is 6.54 Å². The van der Waals surface area contributed by atoms with Gasteiger partial charge in [0.15, 0.2) is 5.78 Å². The number of carbonyl (C=O) groups is 1. The molecule has 1 aliphatic heterocycles. The molecule has 2 aliphatic carbocycles. The topological polar surface area (TPSA) is 20.3 Å². The smallest absolute Gasteiger partial charge is 0.187 e. The lowest BCUT2D eigenvalue weighted by Gasteiger charge is -2.33. The summed E-state index contributed by atoms with van der Waals surface area (Å²) < 4.78 is 0. The lowest BCUT2D eigenvalue weighted by atomic mass is 9.81. The fourth-order valence-corrected chi connectivity index (χ4v) is 3.91. The number of likely N-dealkylation sites (tertiary alicyclic amines) is 1. The molecule has 4 rings (SSSR count). The van der Waals surface area contributed by atoms with Crippen LogP contribution in [0.15, 0.2) is 36.0 Å². The molecule has 3 aliphatic rings. The van der Waals surface area contributed by atoms with E-state index in [-0.39, 0.29) is 11.2 Å². The van der Waals surface area contributed by atoms with Gasteiger partial charge in [0.05, 0.1) is 0 Å². The van der Waals surface area contributed by atoms with E-state index in [4.69, 9.17) is 0 Å². The number of ketones is 1. The summed E-state index contributed by atoms with van der Waals surface area (Å²) in [6.07, 6.45) is 3.13. The zero-order valence-corrected chi connectivity index (χ0v) is 10.8. The first kappa shape index (κ1) is 10.4. The molecule has 0 N–H and O–H groups in total. The number of carbonyl (C=O) groups excluding carboxylic acids is 1. The minimum atomic E-state index is 0.185. The monoisotopic (exact) mass is 239 g/mol. The van der Waals surface area contributed by atoms with Gasteiger partial charge in [0.25, 0.3) is 0 Å². The minimum Gasteiger partial charge on any atom is -0.371 e. The van der Waals surface area contributed by atoms with Crippen molar-refractivity contribution < 1.29 is 4.79 Å². The fraction of sp³-hybridized carbons (Fsp3) is 0.438. The molecule has 1 aromatic rings. The van der Waals surface area contributed by atoms with Crippen LogP contribution < -0.4 is 0 Å². The first-order chi connectivity index (χ1) is 8.64. The van der Waals surface area contributed by atoms with E-state index in [1.54, 1.807) is 0 Å². The molecule has 0 aromatic heterocycles.